The summed E-state index contributed by atoms with van der Waals surface area (Å²) in [6, 6.07) is 0. The Hall–Kier alpha value is -0.570. The molecule has 0 saturated heterocycles. The van der Waals surface area contributed by atoms with Crippen molar-refractivity contribution in [2.75, 3.05) is 13.2 Å². The minimum Gasteiger partial charge on any atom is -0.379 e. The Morgan fingerprint density at radius 2 is 1.65 bits per heavy atom. The lowest BCUT2D eigenvalue weighted by Gasteiger charge is -2.08. The van der Waals surface area contributed by atoms with Crippen LogP contribution in [0.25, 0.3) is 0 Å². The van der Waals surface area contributed by atoms with Gasteiger partial charge in [-0.2, -0.15) is 0 Å². The van der Waals surface area contributed by atoms with Crippen LogP contribution in [0.5, 0.6) is 0 Å². The summed E-state index contributed by atoms with van der Waals surface area (Å²) in [5.41, 5.74) is 0. The van der Waals surface area contributed by atoms with E-state index in [-0.39, 0.29) is 19.4 Å². The monoisotopic (exact) mass is 287 g/mol. The quantitative estimate of drug-likeness (QED) is 0.535. The minimum absolute atomic E-state index is 0. The fourth-order valence-corrected chi connectivity index (χ4v) is 1.90. The molecule has 0 aliphatic carbocycles. The van der Waals surface area contributed by atoms with E-state index in [1.807, 2.05) is 13.8 Å². The van der Waals surface area contributed by atoms with E-state index in [9.17, 15) is 4.79 Å². The van der Waals surface area contributed by atoms with E-state index >= 15 is 0 Å². The van der Waals surface area contributed by atoms with Crippen molar-refractivity contribution in [3.05, 3.63) is 0 Å². The van der Waals surface area contributed by atoms with Crippen LogP contribution in [-0.4, -0.2) is 25.2 Å². The van der Waals surface area contributed by atoms with E-state index in [1.54, 1.807) is 0 Å². The van der Waals surface area contributed by atoms with Gasteiger partial charge < -0.3 is 10.1 Å². The van der Waals surface area contributed by atoms with E-state index in [0.29, 0.717) is 6.42 Å². The summed E-state index contributed by atoms with van der Waals surface area (Å²) in [6.07, 6.45) is 7.91. The molecule has 0 saturated carbocycles. The third kappa shape index (κ3) is 17.4. The summed E-state index contributed by atoms with van der Waals surface area (Å²) in [7, 11) is 0. The Morgan fingerprint density at radius 3 is 2.25 bits per heavy atom. The number of rotatable bonds is 12. The van der Waals surface area contributed by atoms with Crippen molar-refractivity contribution in [3.63, 3.8) is 0 Å². The maximum Gasteiger partial charge on any atom is 0.219 e. The molecule has 0 fully saturated rings. The predicted molar refractivity (Wildman–Crippen MR) is 88.0 cm³/mol. The van der Waals surface area contributed by atoms with E-state index in [4.69, 9.17) is 4.74 Å². The molecule has 0 radical (unpaired) electrons. The van der Waals surface area contributed by atoms with Crippen LogP contribution in [0, 0.1) is 5.92 Å². The molecule has 1 amide bonds. The van der Waals surface area contributed by atoms with E-state index < -0.39 is 0 Å². The number of unbranched alkanes of at least 4 members (excludes halogenated alkanes) is 3. The summed E-state index contributed by atoms with van der Waals surface area (Å²) in [6.45, 7) is 10.0. The molecule has 0 heterocycles. The van der Waals surface area contributed by atoms with Crippen LogP contribution >= 0.6 is 0 Å². The molecule has 0 spiro atoms. The minimum atomic E-state index is 0. The third-order valence-corrected chi connectivity index (χ3v) is 3.03. The van der Waals surface area contributed by atoms with Crippen molar-refractivity contribution in [2.24, 2.45) is 5.92 Å². The van der Waals surface area contributed by atoms with Gasteiger partial charge in [-0.25, -0.2) is 0 Å². The summed E-state index contributed by atoms with van der Waals surface area (Å²) in [5, 5.41) is 2.95. The fraction of sp³-hybridized carbons (Fsp3) is 0.941. The van der Waals surface area contributed by atoms with Gasteiger partial charge in [-0.3, -0.25) is 4.79 Å². The van der Waals surface area contributed by atoms with Crippen molar-refractivity contribution in [1.29, 1.82) is 0 Å². The second-order valence-electron chi connectivity index (χ2n) is 5.97. The van der Waals surface area contributed by atoms with Crippen molar-refractivity contribution in [1.82, 2.24) is 5.32 Å². The van der Waals surface area contributed by atoms with Crippen molar-refractivity contribution >= 4 is 5.91 Å². The highest BCUT2D eigenvalue weighted by atomic mass is 16.5. The third-order valence-electron chi connectivity index (χ3n) is 3.03. The van der Waals surface area contributed by atoms with Gasteiger partial charge in [0.25, 0.3) is 0 Å². The number of hydrogen-bond donors (Lipinski definition) is 1. The normalized spacial score (nSPS) is 10.7. The van der Waals surface area contributed by atoms with Gasteiger partial charge in [0.1, 0.15) is 0 Å². The highest BCUT2D eigenvalue weighted by Gasteiger charge is 2.01. The first-order valence-electron chi connectivity index (χ1n) is 7.90. The highest BCUT2D eigenvalue weighted by molar-refractivity contribution is 5.75. The van der Waals surface area contributed by atoms with Crippen LogP contribution in [0.2, 0.25) is 0 Å². The second-order valence-corrected chi connectivity index (χ2v) is 5.97. The number of hydrogen-bond acceptors (Lipinski definition) is 2. The standard InChI is InChI=1S/C16H33NO2.CH4/c1-14(2)10-7-5-6-8-11-16(18)17-12-9-13-19-15(3)4;/h14-15H,5-13H2,1-4H3,(H,17,18);1H4. The maximum absolute atomic E-state index is 11.5. The SMILES string of the molecule is C.CC(C)CCCCCCC(=O)NCCCOC(C)C. The molecule has 0 aromatic carbocycles. The lowest BCUT2D eigenvalue weighted by atomic mass is 10.0. The fourth-order valence-electron chi connectivity index (χ4n) is 1.90. The molecule has 0 aliphatic heterocycles. The summed E-state index contributed by atoms with van der Waals surface area (Å²) in [4.78, 5) is 11.5. The predicted octanol–water partition coefficient (Wildman–Crippen LogP) is 4.55. The molecule has 1 N–H and O–H groups in total. The van der Waals surface area contributed by atoms with Crippen LogP contribution in [0.15, 0.2) is 0 Å². The molecule has 20 heavy (non-hydrogen) atoms. The first-order valence-corrected chi connectivity index (χ1v) is 7.90. The molecule has 122 valence electrons. The average Bonchev–Trinajstić information content (AvgIpc) is 2.32. The summed E-state index contributed by atoms with van der Waals surface area (Å²) >= 11 is 0. The summed E-state index contributed by atoms with van der Waals surface area (Å²) in [5.74, 6) is 0.991. The molecule has 3 heteroatoms. The first-order chi connectivity index (χ1) is 9.02. The van der Waals surface area contributed by atoms with Crippen molar-refractivity contribution in [2.45, 2.75) is 86.2 Å². The molecule has 0 rings (SSSR count). The lowest BCUT2D eigenvalue weighted by Crippen LogP contribution is -2.25. The molecule has 0 aromatic rings. The molecular weight excluding hydrogens is 250 g/mol. The smallest absolute Gasteiger partial charge is 0.219 e. The van der Waals surface area contributed by atoms with Gasteiger partial charge in [-0.05, 0) is 32.6 Å². The number of amides is 1. The number of nitrogens with one attached hydrogen (secondary N) is 1. The molecule has 0 aliphatic rings. The Balaban J connectivity index is 0. The zero-order valence-corrected chi connectivity index (χ0v) is 13.3. The van der Waals surface area contributed by atoms with Gasteiger partial charge >= 0.3 is 0 Å². The zero-order valence-electron chi connectivity index (χ0n) is 13.3. The number of carbonyl (C=O) groups is 1. The van der Waals surface area contributed by atoms with Crippen LogP contribution in [0.3, 0.4) is 0 Å². The highest BCUT2D eigenvalue weighted by Crippen LogP contribution is 2.10. The topological polar surface area (TPSA) is 38.3 Å². The number of ether oxygens (including phenoxy) is 1. The van der Waals surface area contributed by atoms with Gasteiger partial charge in [0.2, 0.25) is 5.91 Å². The molecule has 0 atom stereocenters. The maximum atomic E-state index is 11.5. The van der Waals surface area contributed by atoms with Gasteiger partial charge in [-0.1, -0.05) is 47.0 Å². The molecule has 0 aromatic heterocycles. The lowest BCUT2D eigenvalue weighted by molar-refractivity contribution is -0.121. The Morgan fingerprint density at radius 1 is 1.00 bits per heavy atom. The Bertz CT molecular complexity index is 215. The Labute approximate surface area is 126 Å². The first kappa shape index (κ1) is 21.7. The summed E-state index contributed by atoms with van der Waals surface area (Å²) < 4.78 is 5.42. The average molecular weight is 287 g/mol. The molecular formula is C17H37NO2. The van der Waals surface area contributed by atoms with E-state index in [1.165, 1.54) is 25.7 Å². The van der Waals surface area contributed by atoms with E-state index in [0.717, 1.165) is 31.9 Å². The Kier molecular flexibility index (Phi) is 16.1. The van der Waals surface area contributed by atoms with Crippen LogP contribution in [0.1, 0.15) is 80.1 Å². The van der Waals surface area contributed by atoms with Gasteiger partial charge in [0.15, 0.2) is 0 Å². The van der Waals surface area contributed by atoms with Crippen LogP contribution in [0.4, 0.5) is 0 Å². The zero-order chi connectivity index (χ0) is 14.5. The van der Waals surface area contributed by atoms with Gasteiger partial charge in [0, 0.05) is 19.6 Å². The number of carbonyl (C=O) groups excluding carboxylic acids is 1. The van der Waals surface area contributed by atoms with Crippen LogP contribution in [-0.2, 0) is 9.53 Å². The van der Waals surface area contributed by atoms with E-state index in [2.05, 4.69) is 19.2 Å². The largest absolute Gasteiger partial charge is 0.379 e. The van der Waals surface area contributed by atoms with Crippen molar-refractivity contribution in [3.8, 4) is 0 Å². The molecule has 0 unspecified atom stereocenters. The molecule has 3 nitrogen and oxygen atoms in total. The molecule has 0 bridgehead atoms. The van der Waals surface area contributed by atoms with Crippen molar-refractivity contribution < 1.29 is 9.53 Å². The van der Waals surface area contributed by atoms with Gasteiger partial charge in [-0.15, -0.1) is 0 Å². The van der Waals surface area contributed by atoms with Gasteiger partial charge in [0.05, 0.1) is 6.10 Å². The second kappa shape index (κ2) is 14.8. The van der Waals surface area contributed by atoms with Crippen LogP contribution < -0.4 is 5.32 Å².